The van der Waals surface area contributed by atoms with E-state index in [2.05, 4.69) is 91.6 Å². The van der Waals surface area contributed by atoms with Gasteiger partial charge in [-0.3, -0.25) is 4.40 Å². The van der Waals surface area contributed by atoms with Gasteiger partial charge in [0.15, 0.2) is 11.3 Å². The number of imidazole rings is 1. The zero-order valence-electron chi connectivity index (χ0n) is 20.4. The van der Waals surface area contributed by atoms with Gasteiger partial charge in [-0.05, 0) is 81.0 Å². The van der Waals surface area contributed by atoms with E-state index in [4.69, 9.17) is 0 Å². The zero-order chi connectivity index (χ0) is 23.5. The Labute approximate surface area is 207 Å². The lowest BCUT2D eigenvalue weighted by Gasteiger charge is -2.43. The number of benzene rings is 1. The molecule has 0 radical (unpaired) electrons. The Morgan fingerprint density at radius 1 is 0.971 bits per heavy atom. The number of aromatic amines is 1. The second-order valence-corrected chi connectivity index (χ2v) is 10.4. The van der Waals surface area contributed by atoms with Crippen LogP contribution in [0.4, 0.5) is 0 Å². The number of aromatic nitrogens is 4. The molecule has 4 aromatic rings. The van der Waals surface area contributed by atoms with E-state index in [0.29, 0.717) is 5.92 Å². The maximum absolute atomic E-state index is 4.68. The van der Waals surface area contributed by atoms with Crippen molar-refractivity contribution in [3.63, 3.8) is 0 Å². The summed E-state index contributed by atoms with van der Waals surface area (Å²) in [6.45, 7) is 2.12. The zero-order valence-corrected chi connectivity index (χ0v) is 20.4. The average molecular weight is 466 g/mol. The minimum absolute atomic E-state index is 0.288. The quantitative estimate of drug-likeness (QED) is 0.304. The van der Waals surface area contributed by atoms with Gasteiger partial charge in [-0.2, -0.15) is 0 Å². The Hall–Kier alpha value is -3.18. The number of fused-ring (bicyclic) bond motifs is 3. The second-order valence-electron chi connectivity index (χ2n) is 10.4. The molecule has 1 atom stereocenters. The second kappa shape index (κ2) is 9.82. The summed E-state index contributed by atoms with van der Waals surface area (Å²) in [5.74, 6) is 1.30. The summed E-state index contributed by atoms with van der Waals surface area (Å²) >= 11 is 0. The van der Waals surface area contributed by atoms with Gasteiger partial charge in [0.05, 0.1) is 11.7 Å². The van der Waals surface area contributed by atoms with Crippen LogP contribution in [0.2, 0.25) is 0 Å². The van der Waals surface area contributed by atoms with Crippen molar-refractivity contribution >= 4 is 16.8 Å². The van der Waals surface area contributed by atoms with Crippen LogP contribution in [0.3, 0.4) is 0 Å². The van der Waals surface area contributed by atoms with E-state index in [1.807, 2.05) is 12.4 Å². The number of H-pyrrole nitrogens is 1. The van der Waals surface area contributed by atoms with Gasteiger partial charge in [0.1, 0.15) is 0 Å². The molecule has 3 heterocycles. The third-order valence-electron chi connectivity index (χ3n) is 8.40. The summed E-state index contributed by atoms with van der Waals surface area (Å²) < 4.78 is 2.32. The summed E-state index contributed by atoms with van der Waals surface area (Å²) in [7, 11) is 0. The summed E-state index contributed by atoms with van der Waals surface area (Å²) in [6, 6.07) is 12.9. The number of nitrogens with one attached hydrogen (secondary N) is 2. The summed E-state index contributed by atoms with van der Waals surface area (Å²) in [6.07, 6.45) is 23.9. The van der Waals surface area contributed by atoms with Gasteiger partial charge >= 0.3 is 0 Å². The largest absolute Gasteiger partial charge is 0.345 e. The molecule has 0 aliphatic heterocycles. The average Bonchev–Trinajstić information content (AvgIpc) is 3.57. The van der Waals surface area contributed by atoms with Gasteiger partial charge in [-0.1, -0.05) is 54.6 Å². The first-order valence-corrected chi connectivity index (χ1v) is 13.2. The van der Waals surface area contributed by atoms with Crippen molar-refractivity contribution in [2.75, 3.05) is 13.1 Å². The smallest absolute Gasteiger partial charge is 0.156 e. The normalized spacial score (nSPS) is 24.5. The highest BCUT2D eigenvalue weighted by molar-refractivity contribution is 5.74. The molecule has 6 rings (SSSR count). The maximum atomic E-state index is 4.68. The molecule has 3 aromatic heterocycles. The lowest BCUT2D eigenvalue weighted by atomic mass is 9.62. The first kappa shape index (κ1) is 22.3. The minimum Gasteiger partial charge on any atom is -0.345 e. The molecule has 2 aliphatic rings. The first-order chi connectivity index (χ1) is 17.3. The van der Waals surface area contributed by atoms with E-state index in [0.717, 1.165) is 42.2 Å². The van der Waals surface area contributed by atoms with Gasteiger partial charge in [-0.25, -0.2) is 9.97 Å². The monoisotopic (exact) mass is 465 g/mol. The third kappa shape index (κ3) is 4.45. The molecule has 1 fully saturated rings. The van der Waals surface area contributed by atoms with Gasteiger partial charge in [-0.15, -0.1) is 0 Å². The molecule has 0 saturated heterocycles. The van der Waals surface area contributed by atoms with E-state index in [1.54, 1.807) is 0 Å². The Bertz CT molecular complexity index is 1320. The topological polar surface area (TPSA) is 58.0 Å². The van der Waals surface area contributed by atoms with Crippen molar-refractivity contribution in [1.29, 1.82) is 0 Å². The molecule has 5 heteroatoms. The van der Waals surface area contributed by atoms with Gasteiger partial charge in [0.25, 0.3) is 0 Å². The fraction of sp³-hybridized carbons (Fsp3) is 0.400. The SMILES string of the molecule is C1=CCC(CCNCCc2ccccc2)(C2CCC(c3cnc4cnc5[nH]ccc5n34)CC2)C=C1. The number of hydrogen-bond donors (Lipinski definition) is 2. The molecule has 2 aliphatic carbocycles. The minimum atomic E-state index is 0.288. The van der Waals surface area contributed by atoms with Crippen molar-refractivity contribution in [2.24, 2.45) is 11.3 Å². The van der Waals surface area contributed by atoms with Crippen LogP contribution < -0.4 is 5.32 Å². The summed E-state index contributed by atoms with van der Waals surface area (Å²) in [4.78, 5) is 12.4. The van der Waals surface area contributed by atoms with Crippen molar-refractivity contribution in [1.82, 2.24) is 24.7 Å². The Morgan fingerprint density at radius 2 is 1.86 bits per heavy atom. The van der Waals surface area contributed by atoms with Gasteiger partial charge < -0.3 is 10.3 Å². The van der Waals surface area contributed by atoms with E-state index in [9.17, 15) is 0 Å². The molecule has 2 N–H and O–H groups in total. The van der Waals surface area contributed by atoms with Crippen LogP contribution in [0.5, 0.6) is 0 Å². The first-order valence-electron chi connectivity index (χ1n) is 13.2. The molecule has 0 amide bonds. The Balaban J connectivity index is 1.10. The van der Waals surface area contributed by atoms with Crippen LogP contribution in [0, 0.1) is 11.3 Å². The predicted molar refractivity (Wildman–Crippen MR) is 143 cm³/mol. The molecular formula is C30H35N5. The van der Waals surface area contributed by atoms with E-state index in [-0.39, 0.29) is 5.41 Å². The molecular weight excluding hydrogens is 430 g/mol. The lowest BCUT2D eigenvalue weighted by molar-refractivity contribution is 0.148. The van der Waals surface area contributed by atoms with Crippen LogP contribution in [-0.2, 0) is 6.42 Å². The van der Waals surface area contributed by atoms with E-state index < -0.39 is 0 Å². The van der Waals surface area contributed by atoms with Gasteiger partial charge in [0, 0.05) is 24.0 Å². The van der Waals surface area contributed by atoms with E-state index in [1.165, 1.54) is 49.8 Å². The standard InChI is InChI=1S/C30H35N5/c1-3-7-23(8-4-1)13-18-31-20-17-30(15-5-2-6-16-30)25-11-9-24(10-12-25)27-21-33-28-22-34-29-26(35(27)28)14-19-32-29/h1-8,14-15,19,21-22,24-25,31-32H,9-13,16-18,20H2. The van der Waals surface area contributed by atoms with Crippen molar-refractivity contribution < 1.29 is 0 Å². The molecule has 180 valence electrons. The molecule has 5 nitrogen and oxygen atoms in total. The lowest BCUT2D eigenvalue weighted by Crippen LogP contribution is -2.35. The Morgan fingerprint density at radius 3 is 2.69 bits per heavy atom. The summed E-state index contributed by atoms with van der Waals surface area (Å²) in [5.41, 5.74) is 6.07. The number of allylic oxidation sites excluding steroid dienone is 4. The van der Waals surface area contributed by atoms with E-state index >= 15 is 0 Å². The molecule has 35 heavy (non-hydrogen) atoms. The molecule has 0 bridgehead atoms. The highest BCUT2D eigenvalue weighted by atomic mass is 15.1. The van der Waals surface area contributed by atoms with Crippen molar-refractivity contribution in [2.45, 2.75) is 50.9 Å². The van der Waals surface area contributed by atoms with Crippen LogP contribution in [0.1, 0.15) is 55.7 Å². The number of nitrogens with zero attached hydrogens (tertiary/aromatic N) is 3. The van der Waals surface area contributed by atoms with Crippen LogP contribution in [0.25, 0.3) is 16.8 Å². The predicted octanol–water partition coefficient (Wildman–Crippen LogP) is 6.21. The molecule has 1 aromatic carbocycles. The fourth-order valence-corrected chi connectivity index (χ4v) is 6.44. The van der Waals surface area contributed by atoms with Crippen LogP contribution >= 0.6 is 0 Å². The highest BCUT2D eigenvalue weighted by Gasteiger charge is 2.38. The van der Waals surface area contributed by atoms with Gasteiger partial charge in [0.2, 0.25) is 0 Å². The molecule has 1 saturated carbocycles. The number of rotatable bonds is 8. The van der Waals surface area contributed by atoms with Crippen LogP contribution in [-0.4, -0.2) is 32.4 Å². The summed E-state index contributed by atoms with van der Waals surface area (Å²) in [5, 5.41) is 3.73. The Kier molecular flexibility index (Phi) is 6.26. The maximum Gasteiger partial charge on any atom is 0.156 e. The molecule has 1 unspecified atom stereocenters. The number of hydrogen-bond acceptors (Lipinski definition) is 3. The fourth-order valence-electron chi connectivity index (χ4n) is 6.44. The van der Waals surface area contributed by atoms with Crippen molar-refractivity contribution in [3.8, 4) is 0 Å². The molecule has 0 spiro atoms. The van der Waals surface area contributed by atoms with Crippen LogP contribution in [0.15, 0.2) is 79.3 Å². The highest BCUT2D eigenvalue weighted by Crippen LogP contribution is 2.49. The van der Waals surface area contributed by atoms with Crippen molar-refractivity contribution in [3.05, 3.63) is 90.6 Å². The third-order valence-corrected chi connectivity index (χ3v) is 8.40.